The molecule has 0 radical (unpaired) electrons. The average Bonchev–Trinajstić information content (AvgIpc) is 2.76. The molecule has 0 bridgehead atoms. The van der Waals surface area contributed by atoms with Crippen molar-refractivity contribution >= 4 is 11.6 Å². The van der Waals surface area contributed by atoms with Crippen LogP contribution in [0.15, 0.2) is 35.3 Å². The van der Waals surface area contributed by atoms with Gasteiger partial charge in [0, 0.05) is 5.69 Å². The Kier molecular flexibility index (Phi) is 3.64. The van der Waals surface area contributed by atoms with Crippen LogP contribution in [0.25, 0.3) is 0 Å². The molecule has 0 aromatic heterocycles. The molecule has 0 amide bonds. The number of hydrogen-bond donors (Lipinski definition) is 3. The van der Waals surface area contributed by atoms with Crippen molar-refractivity contribution in [2.75, 3.05) is 5.32 Å². The second kappa shape index (κ2) is 5.19. The molecule has 1 aromatic carbocycles. The van der Waals surface area contributed by atoms with Gasteiger partial charge in [-0.1, -0.05) is 31.0 Å². The van der Waals surface area contributed by atoms with Crippen molar-refractivity contribution in [1.29, 1.82) is 0 Å². The fourth-order valence-corrected chi connectivity index (χ4v) is 2.27. The van der Waals surface area contributed by atoms with Crippen LogP contribution in [0.3, 0.4) is 0 Å². The van der Waals surface area contributed by atoms with Gasteiger partial charge in [0.25, 0.3) is 0 Å². The van der Waals surface area contributed by atoms with E-state index in [2.05, 4.69) is 17.7 Å². The molecule has 1 fully saturated rings. The lowest BCUT2D eigenvalue weighted by Crippen LogP contribution is -2.38. The Morgan fingerprint density at radius 3 is 2.47 bits per heavy atom. The number of hydrogen-bond acceptors (Lipinski definition) is 2. The van der Waals surface area contributed by atoms with Gasteiger partial charge in [0.2, 0.25) is 5.96 Å². The van der Waals surface area contributed by atoms with Crippen LogP contribution >= 0.6 is 0 Å². The molecule has 0 saturated heterocycles. The monoisotopic (exact) mass is 232 g/mol. The van der Waals surface area contributed by atoms with Crippen molar-refractivity contribution in [3.63, 3.8) is 0 Å². The predicted molar refractivity (Wildman–Crippen MR) is 71.7 cm³/mol. The zero-order valence-electron chi connectivity index (χ0n) is 10.2. The first-order valence-corrected chi connectivity index (χ1v) is 6.10. The minimum atomic E-state index is 0.0312. The van der Waals surface area contributed by atoms with Crippen LogP contribution in [0.2, 0.25) is 0 Å². The Morgan fingerprint density at radius 2 is 1.88 bits per heavy atom. The molecule has 4 N–H and O–H groups in total. The van der Waals surface area contributed by atoms with E-state index in [1.54, 1.807) is 0 Å². The molecule has 1 aromatic rings. The molecule has 2 rings (SSSR count). The minimum absolute atomic E-state index is 0.0312. The molecule has 1 saturated carbocycles. The average molecular weight is 232 g/mol. The number of rotatable bonds is 2. The van der Waals surface area contributed by atoms with Gasteiger partial charge in [0.05, 0.1) is 5.54 Å². The third kappa shape index (κ3) is 3.20. The Balaban J connectivity index is 2.08. The molecule has 1 aliphatic rings. The highest BCUT2D eigenvalue weighted by atomic mass is 15.3. The van der Waals surface area contributed by atoms with Crippen LogP contribution in [0.5, 0.6) is 0 Å². The molecule has 0 aliphatic heterocycles. The van der Waals surface area contributed by atoms with E-state index in [1.165, 1.54) is 12.8 Å². The predicted octanol–water partition coefficient (Wildman–Crippen LogP) is 2.25. The van der Waals surface area contributed by atoms with Gasteiger partial charge in [-0.05, 0) is 31.9 Å². The van der Waals surface area contributed by atoms with Crippen molar-refractivity contribution < 1.29 is 0 Å². The fourth-order valence-electron chi connectivity index (χ4n) is 2.27. The summed E-state index contributed by atoms with van der Waals surface area (Å²) in [6.45, 7) is 2.18. The van der Waals surface area contributed by atoms with Crippen molar-refractivity contribution in [2.24, 2.45) is 10.8 Å². The summed E-state index contributed by atoms with van der Waals surface area (Å²) in [6, 6.07) is 9.92. The Hall–Kier alpha value is -1.55. The summed E-state index contributed by atoms with van der Waals surface area (Å²) in [6.07, 6.45) is 4.77. The smallest absolute Gasteiger partial charge is 0.210 e. The maximum Gasteiger partial charge on any atom is 0.210 e. The van der Waals surface area contributed by atoms with Gasteiger partial charge < -0.3 is 5.32 Å². The van der Waals surface area contributed by atoms with Gasteiger partial charge in [-0.25, -0.2) is 10.8 Å². The number of anilines is 1. The van der Waals surface area contributed by atoms with E-state index in [-0.39, 0.29) is 5.54 Å². The number of nitrogens with zero attached hydrogens (tertiary/aromatic N) is 1. The lowest BCUT2D eigenvalue weighted by Gasteiger charge is -2.20. The van der Waals surface area contributed by atoms with Crippen LogP contribution in [-0.4, -0.2) is 11.5 Å². The summed E-state index contributed by atoms with van der Waals surface area (Å²) in [7, 11) is 0. The highest BCUT2D eigenvalue weighted by molar-refractivity contribution is 5.93. The van der Waals surface area contributed by atoms with E-state index in [4.69, 9.17) is 10.8 Å². The van der Waals surface area contributed by atoms with Crippen molar-refractivity contribution in [1.82, 2.24) is 5.43 Å². The summed E-state index contributed by atoms with van der Waals surface area (Å²) in [4.78, 5) is 4.69. The molecule has 17 heavy (non-hydrogen) atoms. The number of para-hydroxylation sites is 1. The standard InChI is InChI=1S/C13H20N4/c1-13(9-5-6-10-13)16-12(17-14)15-11-7-3-2-4-8-11/h2-4,7-8H,5-6,9-10,14H2,1H3,(H2,15,16,17). The Bertz CT molecular complexity index is 380. The third-order valence-electron chi connectivity index (χ3n) is 3.24. The molecule has 0 unspecified atom stereocenters. The molecule has 4 heteroatoms. The van der Waals surface area contributed by atoms with E-state index in [1.807, 2.05) is 30.3 Å². The number of hydrazine groups is 1. The van der Waals surface area contributed by atoms with E-state index in [0.717, 1.165) is 18.5 Å². The summed E-state index contributed by atoms with van der Waals surface area (Å²) in [5.41, 5.74) is 3.66. The molecule has 0 heterocycles. The zero-order valence-corrected chi connectivity index (χ0v) is 10.2. The van der Waals surface area contributed by atoms with Crippen molar-refractivity contribution in [3.05, 3.63) is 30.3 Å². The van der Waals surface area contributed by atoms with Crippen LogP contribution < -0.4 is 16.6 Å². The second-order valence-corrected chi connectivity index (χ2v) is 4.80. The summed E-state index contributed by atoms with van der Waals surface area (Å²) < 4.78 is 0. The van der Waals surface area contributed by atoms with Gasteiger partial charge in [0.1, 0.15) is 0 Å². The van der Waals surface area contributed by atoms with Gasteiger partial charge >= 0.3 is 0 Å². The molecule has 1 aliphatic carbocycles. The van der Waals surface area contributed by atoms with Gasteiger partial charge in [-0.15, -0.1) is 0 Å². The van der Waals surface area contributed by atoms with Crippen LogP contribution in [0.4, 0.5) is 5.69 Å². The number of nitrogens with one attached hydrogen (secondary N) is 2. The molecule has 4 nitrogen and oxygen atoms in total. The van der Waals surface area contributed by atoms with Gasteiger partial charge in [0.15, 0.2) is 0 Å². The van der Waals surface area contributed by atoms with Crippen LogP contribution in [-0.2, 0) is 0 Å². The zero-order chi connectivity index (χ0) is 12.1. The fraction of sp³-hybridized carbons (Fsp3) is 0.462. The highest BCUT2D eigenvalue weighted by Gasteiger charge is 2.28. The quantitative estimate of drug-likeness (QED) is 0.317. The Morgan fingerprint density at radius 1 is 1.24 bits per heavy atom. The van der Waals surface area contributed by atoms with Crippen LogP contribution in [0.1, 0.15) is 32.6 Å². The molecular formula is C13H20N4. The topological polar surface area (TPSA) is 62.4 Å². The Labute approximate surface area is 102 Å². The first-order chi connectivity index (χ1) is 8.22. The first-order valence-electron chi connectivity index (χ1n) is 6.10. The second-order valence-electron chi connectivity index (χ2n) is 4.80. The van der Waals surface area contributed by atoms with Gasteiger partial charge in [-0.3, -0.25) is 5.43 Å². The number of nitrogens with two attached hydrogens (primary N) is 1. The van der Waals surface area contributed by atoms with Crippen molar-refractivity contribution in [3.8, 4) is 0 Å². The molecule has 92 valence electrons. The number of aliphatic imine (C=N–C) groups is 1. The largest absolute Gasteiger partial charge is 0.325 e. The van der Waals surface area contributed by atoms with E-state index in [9.17, 15) is 0 Å². The molecule has 0 spiro atoms. The third-order valence-corrected chi connectivity index (χ3v) is 3.24. The van der Waals surface area contributed by atoms with Crippen molar-refractivity contribution in [2.45, 2.75) is 38.1 Å². The maximum absolute atomic E-state index is 5.51. The first kappa shape index (κ1) is 11.9. The van der Waals surface area contributed by atoms with E-state index in [0.29, 0.717) is 5.96 Å². The highest BCUT2D eigenvalue weighted by Crippen LogP contribution is 2.32. The SMILES string of the molecule is CC1(N=C(NN)Nc2ccccc2)CCCC1. The van der Waals surface area contributed by atoms with Crippen LogP contribution in [0, 0.1) is 0 Å². The normalized spacial score (nSPS) is 19.1. The molecule has 0 atom stereocenters. The maximum atomic E-state index is 5.51. The van der Waals surface area contributed by atoms with E-state index >= 15 is 0 Å². The summed E-state index contributed by atoms with van der Waals surface area (Å²) in [5, 5.41) is 3.19. The summed E-state index contributed by atoms with van der Waals surface area (Å²) >= 11 is 0. The number of guanidine groups is 1. The lowest BCUT2D eigenvalue weighted by molar-refractivity contribution is 0.488. The minimum Gasteiger partial charge on any atom is -0.325 e. The van der Waals surface area contributed by atoms with Gasteiger partial charge in [-0.2, -0.15) is 0 Å². The lowest BCUT2D eigenvalue weighted by atomic mass is 10.0. The molecular weight excluding hydrogens is 212 g/mol. The summed E-state index contributed by atoms with van der Waals surface area (Å²) in [5.74, 6) is 6.15. The number of benzene rings is 1. The van der Waals surface area contributed by atoms with E-state index < -0.39 is 0 Å².